The van der Waals surface area contributed by atoms with E-state index in [1.54, 1.807) is 6.07 Å². The molecule has 1 aliphatic heterocycles. The van der Waals surface area contributed by atoms with Crippen LogP contribution in [0.2, 0.25) is 0 Å². The van der Waals surface area contributed by atoms with E-state index in [1.807, 2.05) is 4.90 Å². The number of hydrogen-bond donors (Lipinski definition) is 0. The van der Waals surface area contributed by atoms with E-state index >= 15 is 0 Å². The molecule has 0 bridgehead atoms. The lowest BCUT2D eigenvalue weighted by Crippen LogP contribution is -2.35. The van der Waals surface area contributed by atoms with Crippen molar-refractivity contribution in [2.24, 2.45) is 5.92 Å². The molecule has 1 atom stereocenters. The van der Waals surface area contributed by atoms with Gasteiger partial charge in [0.2, 0.25) is 5.76 Å². The second-order valence-electron chi connectivity index (χ2n) is 5.88. The third-order valence-corrected chi connectivity index (χ3v) is 3.56. The molecule has 0 radical (unpaired) electrons. The summed E-state index contributed by atoms with van der Waals surface area (Å²) in [6, 6.07) is 2.00. The van der Waals surface area contributed by atoms with Gasteiger partial charge < -0.3 is 9.42 Å². The standard InChI is InChI=1S/C16H24N2O2/c1-4-5-7-14-8-6-9-18(14)16(19)15-11-13(17-20-15)10-12(2)3/h6,8,11-12,14H,4-5,7,9-10H2,1-3H3/t14-/m1/s1. The number of unbranched alkanes of at least 4 members (excludes halogenated alkanes) is 1. The molecule has 0 aromatic carbocycles. The highest BCUT2D eigenvalue weighted by Crippen LogP contribution is 2.20. The maximum absolute atomic E-state index is 12.5. The lowest BCUT2D eigenvalue weighted by molar-refractivity contribution is 0.0701. The summed E-state index contributed by atoms with van der Waals surface area (Å²) < 4.78 is 5.22. The highest BCUT2D eigenvalue weighted by molar-refractivity contribution is 5.92. The van der Waals surface area contributed by atoms with E-state index in [1.165, 1.54) is 0 Å². The molecule has 1 aliphatic rings. The minimum Gasteiger partial charge on any atom is -0.351 e. The SMILES string of the molecule is CCCC[C@@H]1C=CCN1C(=O)c1cc(CC(C)C)no1. The largest absolute Gasteiger partial charge is 0.351 e. The van der Waals surface area contributed by atoms with Crippen LogP contribution in [0.1, 0.15) is 56.3 Å². The first-order valence-electron chi connectivity index (χ1n) is 7.55. The van der Waals surface area contributed by atoms with Gasteiger partial charge in [-0.25, -0.2) is 0 Å². The number of rotatable bonds is 6. The van der Waals surface area contributed by atoms with Crippen LogP contribution >= 0.6 is 0 Å². The predicted molar refractivity (Wildman–Crippen MR) is 78.5 cm³/mol. The zero-order valence-corrected chi connectivity index (χ0v) is 12.6. The third kappa shape index (κ3) is 3.50. The molecule has 4 heteroatoms. The quantitative estimate of drug-likeness (QED) is 0.748. The van der Waals surface area contributed by atoms with Crippen LogP contribution in [0, 0.1) is 5.92 Å². The Morgan fingerprint density at radius 1 is 1.55 bits per heavy atom. The first kappa shape index (κ1) is 14.8. The average molecular weight is 276 g/mol. The van der Waals surface area contributed by atoms with Crippen LogP contribution in [-0.4, -0.2) is 28.6 Å². The van der Waals surface area contributed by atoms with Crippen LogP contribution in [-0.2, 0) is 6.42 Å². The van der Waals surface area contributed by atoms with Gasteiger partial charge in [0.05, 0.1) is 11.7 Å². The van der Waals surface area contributed by atoms with Crippen molar-refractivity contribution in [1.29, 1.82) is 0 Å². The number of carbonyl (C=O) groups is 1. The topological polar surface area (TPSA) is 46.3 Å². The van der Waals surface area contributed by atoms with Gasteiger partial charge in [-0.2, -0.15) is 0 Å². The van der Waals surface area contributed by atoms with E-state index in [0.29, 0.717) is 18.2 Å². The lowest BCUT2D eigenvalue weighted by atomic mass is 10.1. The number of aromatic nitrogens is 1. The Kier molecular flexibility index (Phi) is 4.99. The van der Waals surface area contributed by atoms with Crippen molar-refractivity contribution in [2.75, 3.05) is 6.54 Å². The maximum atomic E-state index is 12.5. The minimum absolute atomic E-state index is 0.0430. The Morgan fingerprint density at radius 2 is 2.35 bits per heavy atom. The highest BCUT2D eigenvalue weighted by Gasteiger charge is 2.27. The Labute approximate surface area is 120 Å². The van der Waals surface area contributed by atoms with Gasteiger partial charge in [-0.3, -0.25) is 4.79 Å². The van der Waals surface area contributed by atoms with Crippen molar-refractivity contribution in [2.45, 2.75) is 52.5 Å². The summed E-state index contributed by atoms with van der Waals surface area (Å²) in [5.74, 6) is 0.832. The summed E-state index contributed by atoms with van der Waals surface area (Å²) in [6.45, 7) is 7.09. The number of nitrogens with zero attached hydrogens (tertiary/aromatic N) is 2. The Bertz CT molecular complexity index is 477. The molecular weight excluding hydrogens is 252 g/mol. The van der Waals surface area contributed by atoms with Gasteiger partial charge in [0, 0.05) is 12.6 Å². The van der Waals surface area contributed by atoms with Gasteiger partial charge in [-0.05, 0) is 18.8 Å². The van der Waals surface area contributed by atoms with Crippen molar-refractivity contribution in [3.8, 4) is 0 Å². The first-order valence-corrected chi connectivity index (χ1v) is 7.55. The third-order valence-electron chi connectivity index (χ3n) is 3.56. The summed E-state index contributed by atoms with van der Waals surface area (Å²) in [4.78, 5) is 14.3. The molecule has 0 spiro atoms. The maximum Gasteiger partial charge on any atom is 0.293 e. The van der Waals surface area contributed by atoms with E-state index < -0.39 is 0 Å². The zero-order chi connectivity index (χ0) is 14.5. The molecule has 0 unspecified atom stereocenters. The molecule has 20 heavy (non-hydrogen) atoms. The van der Waals surface area contributed by atoms with E-state index in [0.717, 1.165) is 31.4 Å². The number of hydrogen-bond acceptors (Lipinski definition) is 3. The van der Waals surface area contributed by atoms with Crippen molar-refractivity contribution in [1.82, 2.24) is 10.1 Å². The van der Waals surface area contributed by atoms with Gasteiger partial charge in [-0.1, -0.05) is 50.9 Å². The van der Waals surface area contributed by atoms with Crippen LogP contribution in [0.3, 0.4) is 0 Å². The Morgan fingerprint density at radius 3 is 3.05 bits per heavy atom. The van der Waals surface area contributed by atoms with Crippen LogP contribution in [0.25, 0.3) is 0 Å². The molecule has 2 rings (SSSR count). The van der Waals surface area contributed by atoms with E-state index in [4.69, 9.17) is 4.52 Å². The zero-order valence-electron chi connectivity index (χ0n) is 12.6. The van der Waals surface area contributed by atoms with Crippen LogP contribution in [0.5, 0.6) is 0 Å². The van der Waals surface area contributed by atoms with Crippen molar-refractivity contribution in [3.05, 3.63) is 29.7 Å². The van der Waals surface area contributed by atoms with Crippen LogP contribution in [0.4, 0.5) is 0 Å². The van der Waals surface area contributed by atoms with Gasteiger partial charge in [-0.15, -0.1) is 0 Å². The van der Waals surface area contributed by atoms with E-state index in [9.17, 15) is 4.79 Å². The molecule has 4 nitrogen and oxygen atoms in total. The molecule has 0 saturated heterocycles. The molecule has 1 aromatic rings. The van der Waals surface area contributed by atoms with Crippen LogP contribution < -0.4 is 0 Å². The number of amides is 1. The predicted octanol–water partition coefficient (Wildman–Crippen LogP) is 3.44. The molecular formula is C16H24N2O2. The molecule has 2 heterocycles. The number of carbonyl (C=O) groups excluding carboxylic acids is 1. The lowest BCUT2D eigenvalue weighted by Gasteiger charge is -2.23. The van der Waals surface area contributed by atoms with Gasteiger partial charge in [0.25, 0.3) is 5.91 Å². The first-order chi connectivity index (χ1) is 9.61. The average Bonchev–Trinajstić information content (AvgIpc) is 3.03. The molecule has 1 aromatic heterocycles. The second kappa shape index (κ2) is 6.73. The molecule has 0 saturated carbocycles. The van der Waals surface area contributed by atoms with Crippen molar-refractivity contribution < 1.29 is 9.32 Å². The molecule has 0 aliphatic carbocycles. The van der Waals surface area contributed by atoms with Gasteiger partial charge in [0.1, 0.15) is 0 Å². The Hall–Kier alpha value is -1.58. The van der Waals surface area contributed by atoms with Crippen LogP contribution in [0.15, 0.2) is 22.7 Å². The highest BCUT2D eigenvalue weighted by atomic mass is 16.5. The smallest absolute Gasteiger partial charge is 0.293 e. The van der Waals surface area contributed by atoms with E-state index in [-0.39, 0.29) is 11.9 Å². The molecule has 1 amide bonds. The summed E-state index contributed by atoms with van der Waals surface area (Å²) in [6.07, 6.45) is 8.32. The van der Waals surface area contributed by atoms with Crippen molar-refractivity contribution in [3.63, 3.8) is 0 Å². The van der Waals surface area contributed by atoms with Gasteiger partial charge >= 0.3 is 0 Å². The minimum atomic E-state index is -0.0430. The summed E-state index contributed by atoms with van der Waals surface area (Å²) in [7, 11) is 0. The Balaban J connectivity index is 2.01. The molecule has 0 N–H and O–H groups in total. The van der Waals surface area contributed by atoms with E-state index in [2.05, 4.69) is 38.1 Å². The van der Waals surface area contributed by atoms with Gasteiger partial charge in [0.15, 0.2) is 0 Å². The molecule has 0 fully saturated rings. The summed E-state index contributed by atoms with van der Waals surface area (Å²) >= 11 is 0. The second-order valence-corrected chi connectivity index (χ2v) is 5.88. The molecule has 110 valence electrons. The fraction of sp³-hybridized carbons (Fsp3) is 0.625. The monoisotopic (exact) mass is 276 g/mol. The van der Waals surface area contributed by atoms with Crippen molar-refractivity contribution >= 4 is 5.91 Å². The summed E-state index contributed by atoms with van der Waals surface area (Å²) in [5.41, 5.74) is 0.862. The normalized spacial score (nSPS) is 18.2. The fourth-order valence-electron chi connectivity index (χ4n) is 2.54. The fourth-order valence-corrected chi connectivity index (χ4v) is 2.54. The summed E-state index contributed by atoms with van der Waals surface area (Å²) in [5, 5.41) is 3.99.